The van der Waals surface area contributed by atoms with Crippen LogP contribution >= 0.6 is 0 Å². The molecule has 1 rings (SSSR count). The number of nitrogens with one attached hydrogen (secondary N) is 2. The van der Waals surface area contributed by atoms with Crippen LogP contribution in [-0.4, -0.2) is 56.1 Å². The quantitative estimate of drug-likeness (QED) is 0.549. The molecule has 1 heterocycles. The van der Waals surface area contributed by atoms with Crippen molar-refractivity contribution in [3.05, 3.63) is 0 Å². The largest absolute Gasteiger partial charge is 0.480 e. The summed E-state index contributed by atoms with van der Waals surface area (Å²) in [6.07, 6.45) is 2.16. The molecule has 0 bridgehead atoms. The highest BCUT2D eigenvalue weighted by Gasteiger charge is 2.26. The van der Waals surface area contributed by atoms with Crippen LogP contribution in [0.25, 0.3) is 0 Å². The van der Waals surface area contributed by atoms with Gasteiger partial charge in [-0.2, -0.15) is 0 Å². The average molecular weight is 274 g/mol. The number of carbonyl (C=O) groups excluding carboxylic acids is 1. The summed E-state index contributed by atoms with van der Waals surface area (Å²) in [7, 11) is 0. The van der Waals surface area contributed by atoms with E-state index in [4.69, 9.17) is 14.6 Å². The van der Waals surface area contributed by atoms with E-state index >= 15 is 0 Å². The van der Waals surface area contributed by atoms with Crippen molar-refractivity contribution in [3.63, 3.8) is 0 Å². The Morgan fingerprint density at radius 1 is 1.42 bits per heavy atom. The Labute approximate surface area is 112 Å². The van der Waals surface area contributed by atoms with E-state index < -0.39 is 5.97 Å². The number of hydrogen-bond acceptors (Lipinski definition) is 4. The molecular formula is C12H22N2O5. The molecule has 19 heavy (non-hydrogen) atoms. The molecule has 7 heteroatoms. The molecular weight excluding hydrogens is 252 g/mol. The number of carboxylic acid groups (broad SMARTS) is 1. The topological polar surface area (TPSA) is 96.9 Å². The van der Waals surface area contributed by atoms with Gasteiger partial charge >= 0.3 is 12.0 Å². The van der Waals surface area contributed by atoms with Crippen molar-refractivity contribution in [2.45, 2.75) is 25.9 Å². The number of ether oxygens (including phenoxy) is 2. The molecule has 2 unspecified atom stereocenters. The van der Waals surface area contributed by atoms with Crippen molar-refractivity contribution in [3.8, 4) is 0 Å². The zero-order valence-electron chi connectivity index (χ0n) is 11.2. The Balaban J connectivity index is 2.03. The van der Waals surface area contributed by atoms with E-state index in [0.29, 0.717) is 12.5 Å². The first kappa shape index (κ1) is 15.7. The number of aliphatic carboxylic acids is 1. The van der Waals surface area contributed by atoms with Crippen LogP contribution in [0.5, 0.6) is 0 Å². The first-order valence-electron chi connectivity index (χ1n) is 6.56. The minimum atomic E-state index is -1.02. The lowest BCUT2D eigenvalue weighted by Crippen LogP contribution is -2.41. The number of hydrogen-bond donors (Lipinski definition) is 3. The zero-order valence-corrected chi connectivity index (χ0v) is 11.2. The molecule has 1 fully saturated rings. The van der Waals surface area contributed by atoms with Gasteiger partial charge in [-0.3, -0.25) is 0 Å². The average Bonchev–Trinajstić information content (AvgIpc) is 2.83. The first-order valence-corrected chi connectivity index (χ1v) is 6.56. The number of urea groups is 1. The van der Waals surface area contributed by atoms with Gasteiger partial charge in [-0.25, -0.2) is 9.59 Å². The van der Waals surface area contributed by atoms with E-state index in [1.165, 1.54) is 0 Å². The van der Waals surface area contributed by atoms with Gasteiger partial charge in [-0.05, 0) is 12.8 Å². The van der Waals surface area contributed by atoms with Crippen molar-refractivity contribution < 1.29 is 24.2 Å². The third kappa shape index (κ3) is 6.40. The van der Waals surface area contributed by atoms with E-state index in [2.05, 4.69) is 17.6 Å². The lowest BCUT2D eigenvalue weighted by atomic mass is 10.00. The summed E-state index contributed by atoms with van der Waals surface area (Å²) in [5.41, 5.74) is 0. The van der Waals surface area contributed by atoms with Gasteiger partial charge in [0.1, 0.15) is 6.61 Å². The summed E-state index contributed by atoms with van der Waals surface area (Å²) in [6, 6.07) is -0.263. The maximum Gasteiger partial charge on any atom is 0.329 e. The van der Waals surface area contributed by atoms with Gasteiger partial charge in [0.25, 0.3) is 0 Å². The maximum absolute atomic E-state index is 11.5. The van der Waals surface area contributed by atoms with E-state index in [1.54, 1.807) is 0 Å². The summed E-state index contributed by atoms with van der Waals surface area (Å²) in [4.78, 5) is 21.6. The van der Waals surface area contributed by atoms with Gasteiger partial charge in [0.05, 0.1) is 12.7 Å². The van der Waals surface area contributed by atoms with Crippen LogP contribution in [0.15, 0.2) is 0 Å². The second-order valence-electron chi connectivity index (χ2n) is 4.45. The molecule has 1 aliphatic heterocycles. The fraction of sp³-hybridized carbons (Fsp3) is 0.833. The van der Waals surface area contributed by atoms with Crippen LogP contribution < -0.4 is 10.6 Å². The van der Waals surface area contributed by atoms with Gasteiger partial charge in [-0.15, -0.1) is 0 Å². The normalized spacial score (nSPS) is 22.2. The number of amides is 2. The molecule has 110 valence electrons. The fourth-order valence-electron chi connectivity index (χ4n) is 2.06. The highest BCUT2D eigenvalue weighted by molar-refractivity contribution is 5.73. The van der Waals surface area contributed by atoms with Crippen LogP contribution in [-0.2, 0) is 14.3 Å². The molecule has 0 aromatic heterocycles. The molecule has 0 aliphatic carbocycles. The van der Waals surface area contributed by atoms with Crippen molar-refractivity contribution in [1.82, 2.24) is 10.6 Å². The lowest BCUT2D eigenvalue weighted by molar-refractivity contribution is -0.142. The highest BCUT2D eigenvalue weighted by atomic mass is 16.5. The zero-order chi connectivity index (χ0) is 14.1. The van der Waals surface area contributed by atoms with Gasteiger partial charge in [0.15, 0.2) is 0 Å². The predicted molar refractivity (Wildman–Crippen MR) is 68.0 cm³/mol. The number of rotatable bonds is 8. The summed E-state index contributed by atoms with van der Waals surface area (Å²) in [6.45, 7) is 3.56. The SMILES string of the molecule is CCC1OCCC1CNC(=O)NCCOCC(=O)O. The van der Waals surface area contributed by atoms with Crippen LogP contribution in [0, 0.1) is 5.92 Å². The maximum atomic E-state index is 11.5. The van der Waals surface area contributed by atoms with Gasteiger partial charge in [0, 0.05) is 25.6 Å². The van der Waals surface area contributed by atoms with Crippen LogP contribution in [0.3, 0.4) is 0 Å². The lowest BCUT2D eigenvalue weighted by Gasteiger charge is -2.17. The van der Waals surface area contributed by atoms with E-state index in [1.807, 2.05) is 0 Å². The summed E-state index contributed by atoms with van der Waals surface area (Å²) in [5.74, 6) is -0.643. The Morgan fingerprint density at radius 3 is 2.89 bits per heavy atom. The second kappa shape index (κ2) is 8.71. The molecule has 0 radical (unpaired) electrons. The Hall–Kier alpha value is -1.34. The van der Waals surface area contributed by atoms with Crippen molar-refractivity contribution in [1.29, 1.82) is 0 Å². The molecule has 2 atom stereocenters. The molecule has 0 spiro atoms. The van der Waals surface area contributed by atoms with E-state index in [-0.39, 0.29) is 31.9 Å². The smallest absolute Gasteiger partial charge is 0.329 e. The standard InChI is InChI=1S/C12H22N2O5/c1-2-10-9(3-5-19-10)7-14-12(17)13-4-6-18-8-11(15)16/h9-10H,2-8H2,1H3,(H,15,16)(H2,13,14,17). The van der Waals surface area contributed by atoms with Crippen LogP contribution in [0.1, 0.15) is 19.8 Å². The van der Waals surface area contributed by atoms with Crippen molar-refractivity contribution >= 4 is 12.0 Å². The number of carboxylic acids is 1. The third-order valence-electron chi connectivity index (χ3n) is 3.03. The summed E-state index contributed by atoms with van der Waals surface area (Å²) < 4.78 is 10.3. The van der Waals surface area contributed by atoms with Crippen molar-refractivity contribution in [2.75, 3.05) is 32.9 Å². The Kier molecular flexibility index (Phi) is 7.20. The summed E-state index contributed by atoms with van der Waals surface area (Å²) >= 11 is 0. The molecule has 3 N–H and O–H groups in total. The Morgan fingerprint density at radius 2 is 2.21 bits per heavy atom. The van der Waals surface area contributed by atoms with Crippen LogP contribution in [0.4, 0.5) is 4.79 Å². The predicted octanol–water partition coefficient (Wildman–Crippen LogP) is 0.202. The molecule has 7 nitrogen and oxygen atoms in total. The fourth-order valence-corrected chi connectivity index (χ4v) is 2.06. The number of carbonyl (C=O) groups is 2. The molecule has 1 aliphatic rings. The monoisotopic (exact) mass is 274 g/mol. The van der Waals surface area contributed by atoms with Gasteiger partial charge < -0.3 is 25.2 Å². The Bertz CT molecular complexity index is 298. The molecule has 0 saturated carbocycles. The van der Waals surface area contributed by atoms with E-state index in [9.17, 15) is 9.59 Å². The molecule has 2 amide bonds. The van der Waals surface area contributed by atoms with E-state index in [0.717, 1.165) is 19.4 Å². The van der Waals surface area contributed by atoms with Gasteiger partial charge in [-0.1, -0.05) is 6.92 Å². The van der Waals surface area contributed by atoms with Gasteiger partial charge in [0.2, 0.25) is 0 Å². The minimum absolute atomic E-state index is 0.184. The third-order valence-corrected chi connectivity index (χ3v) is 3.03. The van der Waals surface area contributed by atoms with Crippen molar-refractivity contribution in [2.24, 2.45) is 5.92 Å². The molecule has 0 aromatic rings. The second-order valence-corrected chi connectivity index (χ2v) is 4.45. The highest BCUT2D eigenvalue weighted by Crippen LogP contribution is 2.22. The first-order chi connectivity index (χ1) is 9.13. The molecule has 0 aromatic carbocycles. The molecule has 1 saturated heterocycles. The minimum Gasteiger partial charge on any atom is -0.480 e. The summed E-state index contributed by atoms with van der Waals surface area (Å²) in [5, 5.41) is 13.7. The van der Waals surface area contributed by atoms with Crippen LogP contribution in [0.2, 0.25) is 0 Å².